The molecule has 0 saturated heterocycles. The molecular formula is C18H31N3O2. The first kappa shape index (κ1) is 19.6. The van der Waals surface area contributed by atoms with E-state index in [4.69, 9.17) is 0 Å². The third-order valence-electron chi connectivity index (χ3n) is 3.65. The third kappa shape index (κ3) is 7.59. The van der Waals surface area contributed by atoms with E-state index in [-0.39, 0.29) is 11.9 Å². The predicted molar refractivity (Wildman–Crippen MR) is 95.7 cm³/mol. The van der Waals surface area contributed by atoms with Crippen LogP contribution in [0.15, 0.2) is 24.3 Å². The molecule has 0 aliphatic heterocycles. The van der Waals surface area contributed by atoms with E-state index in [1.54, 1.807) is 6.92 Å². The molecule has 2 unspecified atom stereocenters. The number of aliphatic hydroxyl groups is 1. The first-order valence-electron chi connectivity index (χ1n) is 8.21. The van der Waals surface area contributed by atoms with Crippen LogP contribution in [0.4, 0.5) is 5.69 Å². The summed E-state index contributed by atoms with van der Waals surface area (Å²) in [5.41, 5.74) is 1.20. The molecule has 5 heteroatoms. The molecule has 0 spiro atoms. The zero-order valence-electron chi connectivity index (χ0n) is 15.0. The molecule has 0 radical (unpaired) electrons. The molecule has 0 aromatic heterocycles. The number of nitrogens with one attached hydrogen (secondary N) is 2. The van der Waals surface area contributed by atoms with Crippen LogP contribution in [0.25, 0.3) is 0 Å². The fraction of sp³-hybridized carbons (Fsp3) is 0.611. The first-order chi connectivity index (χ1) is 10.7. The summed E-state index contributed by atoms with van der Waals surface area (Å²) in [6, 6.07) is 7.85. The molecule has 0 heterocycles. The van der Waals surface area contributed by atoms with Crippen molar-refractivity contribution in [3.63, 3.8) is 0 Å². The number of para-hydroxylation sites is 1. The number of amides is 1. The quantitative estimate of drug-likeness (QED) is 0.650. The Kier molecular flexibility index (Phi) is 7.68. The van der Waals surface area contributed by atoms with Crippen LogP contribution in [0.3, 0.4) is 0 Å². The number of carbonyl (C=O) groups excluding carboxylic acids is 1. The van der Waals surface area contributed by atoms with Crippen molar-refractivity contribution in [3.8, 4) is 0 Å². The van der Waals surface area contributed by atoms with Crippen LogP contribution in [-0.2, 0) is 11.2 Å². The number of carbonyl (C=O) groups is 1. The lowest BCUT2D eigenvalue weighted by molar-refractivity contribution is -0.116. The van der Waals surface area contributed by atoms with Gasteiger partial charge in [-0.1, -0.05) is 25.1 Å². The normalized spacial score (nSPS) is 15.3. The molecule has 1 aromatic carbocycles. The number of hydrogen-bond acceptors (Lipinski definition) is 4. The van der Waals surface area contributed by atoms with Gasteiger partial charge in [0.05, 0.1) is 5.60 Å². The number of anilines is 1. The Morgan fingerprint density at radius 3 is 2.61 bits per heavy atom. The minimum absolute atomic E-state index is 0.00238. The van der Waals surface area contributed by atoms with Crippen LogP contribution in [0, 0.1) is 0 Å². The summed E-state index contributed by atoms with van der Waals surface area (Å²) in [4.78, 5) is 14.1. The van der Waals surface area contributed by atoms with Crippen molar-refractivity contribution in [2.45, 2.75) is 45.3 Å². The average molecular weight is 321 g/mol. The Morgan fingerprint density at radius 1 is 1.35 bits per heavy atom. The van der Waals surface area contributed by atoms with Gasteiger partial charge in [-0.05, 0) is 46.0 Å². The summed E-state index contributed by atoms with van der Waals surface area (Å²) in [7, 11) is 3.85. The lowest BCUT2D eigenvalue weighted by Gasteiger charge is -2.28. The van der Waals surface area contributed by atoms with Crippen molar-refractivity contribution >= 4 is 11.6 Å². The highest BCUT2D eigenvalue weighted by Crippen LogP contribution is 2.15. The lowest BCUT2D eigenvalue weighted by Crippen LogP contribution is -2.48. The maximum absolute atomic E-state index is 12.2. The van der Waals surface area contributed by atoms with E-state index >= 15 is 0 Å². The SMILES string of the molecule is CCc1ccccc1NC(=O)CC(C)NCC(C)(O)CN(C)C. The number of likely N-dealkylation sites (N-methyl/N-ethyl adjacent to an activating group) is 1. The molecular weight excluding hydrogens is 290 g/mol. The van der Waals surface area contributed by atoms with Gasteiger partial charge in [-0.2, -0.15) is 0 Å². The van der Waals surface area contributed by atoms with Gasteiger partial charge in [0.25, 0.3) is 0 Å². The number of hydrogen-bond donors (Lipinski definition) is 3. The molecule has 2 atom stereocenters. The molecule has 23 heavy (non-hydrogen) atoms. The molecule has 5 nitrogen and oxygen atoms in total. The van der Waals surface area contributed by atoms with Gasteiger partial charge in [-0.15, -0.1) is 0 Å². The van der Waals surface area contributed by atoms with E-state index in [2.05, 4.69) is 17.6 Å². The Labute approximate surface area is 140 Å². The van der Waals surface area contributed by atoms with E-state index in [0.717, 1.165) is 17.7 Å². The van der Waals surface area contributed by atoms with Gasteiger partial charge in [-0.3, -0.25) is 4.79 Å². The van der Waals surface area contributed by atoms with Crippen molar-refractivity contribution < 1.29 is 9.90 Å². The third-order valence-corrected chi connectivity index (χ3v) is 3.65. The van der Waals surface area contributed by atoms with Gasteiger partial charge in [0, 0.05) is 31.2 Å². The summed E-state index contributed by atoms with van der Waals surface area (Å²) in [6.07, 6.45) is 1.26. The summed E-state index contributed by atoms with van der Waals surface area (Å²) < 4.78 is 0. The fourth-order valence-electron chi connectivity index (χ4n) is 2.63. The van der Waals surface area contributed by atoms with Crippen LogP contribution >= 0.6 is 0 Å². The van der Waals surface area contributed by atoms with Gasteiger partial charge in [0.2, 0.25) is 5.91 Å². The summed E-state index contributed by atoms with van der Waals surface area (Å²) in [5.74, 6) is -0.0156. The zero-order chi connectivity index (χ0) is 17.5. The second-order valence-electron chi connectivity index (χ2n) is 6.78. The molecule has 0 aliphatic rings. The minimum atomic E-state index is -0.816. The highest BCUT2D eigenvalue weighted by molar-refractivity contribution is 5.91. The average Bonchev–Trinajstić information content (AvgIpc) is 2.44. The highest BCUT2D eigenvalue weighted by Gasteiger charge is 2.22. The van der Waals surface area contributed by atoms with E-state index in [9.17, 15) is 9.90 Å². The maximum Gasteiger partial charge on any atom is 0.225 e. The van der Waals surface area contributed by atoms with Crippen LogP contribution in [0.2, 0.25) is 0 Å². The van der Waals surface area contributed by atoms with Gasteiger partial charge in [0.15, 0.2) is 0 Å². The number of aryl methyl sites for hydroxylation is 1. The fourth-order valence-corrected chi connectivity index (χ4v) is 2.63. The molecule has 1 amide bonds. The van der Waals surface area contributed by atoms with Crippen molar-refractivity contribution in [2.24, 2.45) is 0 Å². The standard InChI is InChI=1S/C18H31N3O2/c1-6-15-9-7-8-10-16(15)20-17(22)11-14(2)19-12-18(3,23)13-21(4)5/h7-10,14,19,23H,6,11-13H2,1-5H3,(H,20,22). The summed E-state index contributed by atoms with van der Waals surface area (Å²) in [5, 5.41) is 16.5. The first-order valence-corrected chi connectivity index (χ1v) is 8.21. The molecule has 130 valence electrons. The smallest absolute Gasteiger partial charge is 0.225 e. The van der Waals surface area contributed by atoms with Crippen molar-refractivity contribution in [1.82, 2.24) is 10.2 Å². The van der Waals surface area contributed by atoms with Gasteiger partial charge in [0.1, 0.15) is 0 Å². The molecule has 1 rings (SSSR count). The Morgan fingerprint density at radius 2 is 2.00 bits per heavy atom. The molecule has 0 bridgehead atoms. The Balaban J connectivity index is 2.45. The topological polar surface area (TPSA) is 64.6 Å². The van der Waals surface area contributed by atoms with Crippen LogP contribution < -0.4 is 10.6 Å². The maximum atomic E-state index is 12.2. The molecule has 0 saturated carbocycles. The molecule has 1 aromatic rings. The predicted octanol–water partition coefficient (Wildman–Crippen LogP) is 1.87. The number of nitrogens with zero attached hydrogens (tertiary/aromatic N) is 1. The van der Waals surface area contributed by atoms with Gasteiger partial charge < -0.3 is 20.6 Å². The van der Waals surface area contributed by atoms with E-state index < -0.39 is 5.60 Å². The number of rotatable bonds is 9. The monoisotopic (exact) mass is 321 g/mol. The largest absolute Gasteiger partial charge is 0.388 e. The van der Waals surface area contributed by atoms with E-state index in [1.807, 2.05) is 50.2 Å². The van der Waals surface area contributed by atoms with Crippen LogP contribution in [0.5, 0.6) is 0 Å². The van der Waals surface area contributed by atoms with Crippen LogP contribution in [-0.4, -0.2) is 54.7 Å². The number of benzene rings is 1. The Bertz CT molecular complexity index is 501. The summed E-state index contributed by atoms with van der Waals surface area (Å²) >= 11 is 0. The minimum Gasteiger partial charge on any atom is -0.388 e. The molecule has 3 N–H and O–H groups in total. The Hall–Kier alpha value is -1.43. The second-order valence-corrected chi connectivity index (χ2v) is 6.78. The second kappa shape index (κ2) is 9.01. The van der Waals surface area contributed by atoms with Crippen LogP contribution in [0.1, 0.15) is 32.8 Å². The van der Waals surface area contributed by atoms with Crippen molar-refractivity contribution in [1.29, 1.82) is 0 Å². The highest BCUT2D eigenvalue weighted by atomic mass is 16.3. The molecule has 0 fully saturated rings. The van der Waals surface area contributed by atoms with E-state index in [0.29, 0.717) is 19.5 Å². The lowest BCUT2D eigenvalue weighted by atomic mass is 10.1. The molecule has 0 aliphatic carbocycles. The van der Waals surface area contributed by atoms with Gasteiger partial charge in [-0.25, -0.2) is 0 Å². The van der Waals surface area contributed by atoms with Crippen molar-refractivity contribution in [3.05, 3.63) is 29.8 Å². The van der Waals surface area contributed by atoms with Crippen molar-refractivity contribution in [2.75, 3.05) is 32.5 Å². The summed E-state index contributed by atoms with van der Waals surface area (Å²) in [6.45, 7) is 6.84. The van der Waals surface area contributed by atoms with Gasteiger partial charge >= 0.3 is 0 Å². The van der Waals surface area contributed by atoms with E-state index in [1.165, 1.54) is 0 Å². The zero-order valence-corrected chi connectivity index (χ0v) is 15.0.